The molecule has 2 aliphatic rings. The van der Waals surface area contributed by atoms with Crippen molar-refractivity contribution in [2.45, 2.75) is 38.8 Å². The van der Waals surface area contributed by atoms with Gasteiger partial charge in [-0.2, -0.15) is 0 Å². The summed E-state index contributed by atoms with van der Waals surface area (Å²) in [4.78, 5) is 33.4. The van der Waals surface area contributed by atoms with Crippen molar-refractivity contribution < 1.29 is 18.7 Å². The molecule has 40 heavy (non-hydrogen) atoms. The highest BCUT2D eigenvalue weighted by molar-refractivity contribution is 6.13. The first-order chi connectivity index (χ1) is 19.4. The van der Waals surface area contributed by atoms with E-state index < -0.39 is 11.5 Å². The molecule has 0 aliphatic carbocycles. The fourth-order valence-electron chi connectivity index (χ4n) is 6.69. The van der Waals surface area contributed by atoms with Gasteiger partial charge >= 0.3 is 0 Å². The van der Waals surface area contributed by atoms with Gasteiger partial charge in [-0.25, -0.2) is 0 Å². The summed E-state index contributed by atoms with van der Waals surface area (Å²) in [5, 5.41) is 0. The third-order valence-corrected chi connectivity index (χ3v) is 8.58. The molecule has 3 heterocycles. The van der Waals surface area contributed by atoms with Gasteiger partial charge in [0.25, 0.3) is 5.91 Å². The SMILES string of the molecule is CCOc1ccc(C(=O)[C@@H]2[C@@H](c3ccco3)CN(C)[C@@]23C(=O)N(Cc2cc(C)ccc2C)c2ccccc23)cc1. The number of rotatable bonds is 7. The van der Waals surface area contributed by atoms with E-state index in [0.29, 0.717) is 36.8 Å². The molecular formula is C34H34N2O4. The fourth-order valence-corrected chi connectivity index (χ4v) is 6.69. The molecule has 0 saturated carbocycles. The summed E-state index contributed by atoms with van der Waals surface area (Å²) in [6.07, 6.45) is 1.63. The van der Waals surface area contributed by atoms with Gasteiger partial charge in [0.2, 0.25) is 0 Å². The number of likely N-dealkylation sites (N-methyl/N-ethyl adjacent to an activating group) is 1. The van der Waals surface area contributed by atoms with Crippen LogP contribution in [0, 0.1) is 19.8 Å². The molecule has 0 radical (unpaired) electrons. The largest absolute Gasteiger partial charge is 0.494 e. The van der Waals surface area contributed by atoms with Crippen molar-refractivity contribution in [2.75, 3.05) is 25.1 Å². The number of hydrogen-bond acceptors (Lipinski definition) is 5. The predicted octanol–water partition coefficient (Wildman–Crippen LogP) is 6.27. The zero-order valence-corrected chi connectivity index (χ0v) is 23.4. The van der Waals surface area contributed by atoms with E-state index in [1.165, 1.54) is 0 Å². The van der Waals surface area contributed by atoms with Crippen LogP contribution in [-0.4, -0.2) is 36.8 Å². The van der Waals surface area contributed by atoms with Crippen LogP contribution in [0.1, 0.15) is 51.2 Å². The number of furan rings is 1. The number of ketones is 1. The standard InChI is InChI=1S/C34H34N2O4/c1-5-39-26-16-14-24(15-17-26)32(37)31-27(30-11-8-18-40-30)21-35(4)34(31)28-9-6-7-10-29(28)36(33(34)38)20-25-19-22(2)12-13-23(25)3/h6-19,27,31H,5,20-21H2,1-4H3/t27-,31+,34-/m1/s1. The molecular weight excluding hydrogens is 500 g/mol. The van der Waals surface area contributed by atoms with Crippen molar-refractivity contribution in [1.82, 2.24) is 4.90 Å². The van der Waals surface area contributed by atoms with Crippen LogP contribution in [0.25, 0.3) is 0 Å². The van der Waals surface area contributed by atoms with Crippen LogP contribution in [0.5, 0.6) is 5.75 Å². The lowest BCUT2D eigenvalue weighted by Crippen LogP contribution is -2.53. The number of carbonyl (C=O) groups is 2. The number of Topliss-reactive ketones (excluding diaryl/α,β-unsaturated/α-hetero) is 1. The van der Waals surface area contributed by atoms with Gasteiger partial charge in [-0.3, -0.25) is 14.5 Å². The summed E-state index contributed by atoms with van der Waals surface area (Å²) in [5.41, 5.74) is 4.48. The Morgan fingerprint density at radius 3 is 2.52 bits per heavy atom. The Morgan fingerprint density at radius 2 is 1.80 bits per heavy atom. The van der Waals surface area contributed by atoms with E-state index in [-0.39, 0.29) is 17.6 Å². The Morgan fingerprint density at radius 1 is 1.02 bits per heavy atom. The molecule has 1 fully saturated rings. The van der Waals surface area contributed by atoms with Crippen LogP contribution in [-0.2, 0) is 16.9 Å². The normalized spacial score (nSPS) is 22.2. The number of amides is 1. The molecule has 1 amide bonds. The Labute approximate surface area is 235 Å². The Bertz CT molecular complexity index is 1560. The number of benzene rings is 3. The summed E-state index contributed by atoms with van der Waals surface area (Å²) in [7, 11) is 1.96. The van der Waals surface area contributed by atoms with E-state index in [9.17, 15) is 9.59 Å². The van der Waals surface area contributed by atoms with Gasteiger partial charge in [0.15, 0.2) is 5.78 Å². The van der Waals surface area contributed by atoms with E-state index in [1.54, 1.807) is 18.4 Å². The second-order valence-corrected chi connectivity index (χ2v) is 10.9. The topological polar surface area (TPSA) is 63.0 Å². The monoisotopic (exact) mass is 534 g/mol. The number of anilines is 1. The fraction of sp³-hybridized carbons (Fsp3) is 0.294. The molecule has 0 unspecified atom stereocenters. The third kappa shape index (κ3) is 3.97. The van der Waals surface area contributed by atoms with Crippen molar-refractivity contribution in [3.05, 3.63) is 119 Å². The summed E-state index contributed by atoms with van der Waals surface area (Å²) in [6, 6.07) is 25.3. The first kappa shape index (κ1) is 26.1. The van der Waals surface area contributed by atoms with Crippen molar-refractivity contribution in [3.8, 4) is 5.75 Å². The zero-order chi connectivity index (χ0) is 28.0. The minimum absolute atomic E-state index is 0.0737. The van der Waals surface area contributed by atoms with Crippen molar-refractivity contribution in [1.29, 1.82) is 0 Å². The average molecular weight is 535 g/mol. The third-order valence-electron chi connectivity index (χ3n) is 8.58. The molecule has 3 aromatic carbocycles. The predicted molar refractivity (Wildman–Crippen MR) is 155 cm³/mol. The lowest BCUT2D eigenvalue weighted by atomic mass is 9.71. The van der Waals surface area contributed by atoms with Gasteiger partial charge in [-0.15, -0.1) is 0 Å². The molecule has 6 heteroatoms. The second-order valence-electron chi connectivity index (χ2n) is 10.9. The second kappa shape index (κ2) is 10.1. The first-order valence-electron chi connectivity index (χ1n) is 13.9. The van der Waals surface area contributed by atoms with Crippen LogP contribution >= 0.6 is 0 Å². The maximum Gasteiger partial charge on any atom is 0.253 e. The highest BCUT2D eigenvalue weighted by atomic mass is 16.5. The maximum absolute atomic E-state index is 14.9. The lowest BCUT2D eigenvalue weighted by molar-refractivity contribution is -0.129. The zero-order valence-electron chi connectivity index (χ0n) is 23.4. The summed E-state index contributed by atoms with van der Waals surface area (Å²) >= 11 is 0. The van der Waals surface area contributed by atoms with Crippen LogP contribution < -0.4 is 9.64 Å². The lowest BCUT2D eigenvalue weighted by Gasteiger charge is -2.36. The van der Waals surface area contributed by atoms with E-state index in [1.807, 2.05) is 67.4 Å². The Hall–Kier alpha value is -4.16. The molecule has 6 nitrogen and oxygen atoms in total. The van der Waals surface area contributed by atoms with E-state index >= 15 is 0 Å². The quantitative estimate of drug-likeness (QED) is 0.262. The number of likely N-dealkylation sites (tertiary alicyclic amines) is 1. The van der Waals surface area contributed by atoms with Gasteiger partial charge in [0.1, 0.15) is 17.0 Å². The molecule has 1 saturated heterocycles. The number of fused-ring (bicyclic) bond motifs is 2. The number of para-hydroxylation sites is 1. The van der Waals surface area contributed by atoms with Crippen molar-refractivity contribution in [3.63, 3.8) is 0 Å². The van der Waals surface area contributed by atoms with Crippen molar-refractivity contribution >= 4 is 17.4 Å². The number of aryl methyl sites for hydroxylation is 2. The minimum Gasteiger partial charge on any atom is -0.494 e. The van der Waals surface area contributed by atoms with Gasteiger partial charge < -0.3 is 14.1 Å². The average Bonchev–Trinajstić information content (AvgIpc) is 3.65. The maximum atomic E-state index is 14.9. The molecule has 1 aromatic heterocycles. The van der Waals surface area contributed by atoms with E-state index in [2.05, 4.69) is 36.9 Å². The molecule has 204 valence electrons. The van der Waals surface area contributed by atoms with Crippen LogP contribution in [0.2, 0.25) is 0 Å². The van der Waals surface area contributed by atoms with Crippen LogP contribution in [0.3, 0.4) is 0 Å². The van der Waals surface area contributed by atoms with Crippen molar-refractivity contribution in [2.24, 2.45) is 5.92 Å². The molecule has 6 rings (SSSR count). The van der Waals surface area contributed by atoms with Gasteiger partial charge in [0.05, 0.1) is 25.3 Å². The number of ether oxygens (including phenoxy) is 1. The number of hydrogen-bond donors (Lipinski definition) is 0. The molecule has 3 atom stereocenters. The van der Waals surface area contributed by atoms with E-state index in [4.69, 9.17) is 9.15 Å². The van der Waals surface area contributed by atoms with Gasteiger partial charge in [-0.05, 0) is 81.4 Å². The summed E-state index contributed by atoms with van der Waals surface area (Å²) < 4.78 is 11.5. The molecule has 0 bridgehead atoms. The van der Waals surface area contributed by atoms with Gasteiger partial charge in [0, 0.05) is 29.3 Å². The summed E-state index contributed by atoms with van der Waals surface area (Å²) in [5.74, 6) is 0.296. The summed E-state index contributed by atoms with van der Waals surface area (Å²) in [6.45, 7) is 7.56. The molecule has 0 N–H and O–H groups in total. The van der Waals surface area contributed by atoms with Crippen LogP contribution in [0.15, 0.2) is 89.5 Å². The molecule has 2 aliphatic heterocycles. The minimum atomic E-state index is -1.17. The smallest absolute Gasteiger partial charge is 0.253 e. The highest BCUT2D eigenvalue weighted by Gasteiger charge is 2.66. The van der Waals surface area contributed by atoms with Gasteiger partial charge in [-0.1, -0.05) is 42.0 Å². The highest BCUT2D eigenvalue weighted by Crippen LogP contribution is 2.57. The number of carbonyl (C=O) groups excluding carboxylic acids is 2. The first-order valence-corrected chi connectivity index (χ1v) is 13.9. The van der Waals surface area contributed by atoms with E-state index in [0.717, 1.165) is 27.9 Å². The molecule has 1 spiro atoms. The van der Waals surface area contributed by atoms with Crippen LogP contribution in [0.4, 0.5) is 5.69 Å². The molecule has 4 aromatic rings. The Kier molecular flexibility index (Phi) is 6.59. The Balaban J connectivity index is 1.50. The number of nitrogens with zero attached hydrogens (tertiary/aromatic N) is 2.